The van der Waals surface area contributed by atoms with Crippen molar-refractivity contribution in [3.8, 4) is 0 Å². The Hall–Kier alpha value is 0. The second-order valence-electron chi connectivity index (χ2n) is 5.85. The van der Waals surface area contributed by atoms with E-state index in [0.717, 1.165) is 32.0 Å². The minimum Gasteiger partial charge on any atom is -0.357 e. The Bertz CT molecular complexity index is 207. The van der Waals surface area contributed by atoms with Crippen LogP contribution in [-0.4, -0.2) is 25.6 Å². The second kappa shape index (κ2) is 9.97. The first-order valence-corrected chi connectivity index (χ1v) is 6.37. The zero-order valence-corrected chi connectivity index (χ0v) is 14.6. The average Bonchev–Trinajstić information content (AvgIpc) is 2.12. The number of aliphatic imine (C=N–C) groups is 1. The molecule has 0 heterocycles. The maximum Gasteiger partial charge on any atom is 0.191 e. The van der Waals surface area contributed by atoms with Gasteiger partial charge < -0.3 is 10.6 Å². The van der Waals surface area contributed by atoms with Crippen LogP contribution < -0.4 is 10.6 Å². The summed E-state index contributed by atoms with van der Waals surface area (Å²) in [6, 6.07) is 0. The zero-order valence-electron chi connectivity index (χ0n) is 12.3. The van der Waals surface area contributed by atoms with Crippen LogP contribution in [0.5, 0.6) is 0 Å². The Morgan fingerprint density at radius 2 is 1.76 bits per heavy atom. The van der Waals surface area contributed by atoms with E-state index in [1.807, 2.05) is 0 Å². The molecular weight excluding hydrogens is 325 g/mol. The Labute approximate surface area is 124 Å². The van der Waals surface area contributed by atoms with Crippen LogP contribution in [0.4, 0.5) is 0 Å². The van der Waals surface area contributed by atoms with E-state index < -0.39 is 0 Å². The highest BCUT2D eigenvalue weighted by Gasteiger charge is 2.09. The first-order valence-electron chi connectivity index (χ1n) is 6.37. The lowest BCUT2D eigenvalue weighted by Crippen LogP contribution is -2.39. The quantitative estimate of drug-likeness (QED) is 0.451. The molecule has 0 aliphatic carbocycles. The monoisotopic (exact) mass is 355 g/mol. The third kappa shape index (κ3) is 13.9. The van der Waals surface area contributed by atoms with Crippen molar-refractivity contribution >= 4 is 29.9 Å². The van der Waals surface area contributed by atoms with Gasteiger partial charge in [-0.05, 0) is 24.7 Å². The van der Waals surface area contributed by atoms with Gasteiger partial charge >= 0.3 is 0 Å². The van der Waals surface area contributed by atoms with Crippen molar-refractivity contribution in [3.05, 3.63) is 0 Å². The van der Waals surface area contributed by atoms with Gasteiger partial charge in [-0.25, -0.2) is 0 Å². The maximum atomic E-state index is 4.53. The Balaban J connectivity index is 0. The summed E-state index contributed by atoms with van der Waals surface area (Å²) in [6.45, 7) is 16.0. The minimum atomic E-state index is 0. The van der Waals surface area contributed by atoms with Crippen LogP contribution in [0.3, 0.4) is 0 Å². The van der Waals surface area contributed by atoms with Crippen LogP contribution in [0.2, 0.25) is 0 Å². The van der Waals surface area contributed by atoms with Crippen LogP contribution in [0, 0.1) is 11.3 Å². The summed E-state index contributed by atoms with van der Waals surface area (Å²) >= 11 is 0. The molecule has 104 valence electrons. The fourth-order valence-corrected chi connectivity index (χ4v) is 1.17. The van der Waals surface area contributed by atoms with Gasteiger partial charge in [-0.3, -0.25) is 4.99 Å². The number of nitrogens with one attached hydrogen (secondary N) is 2. The number of nitrogens with zero attached hydrogens (tertiary/aromatic N) is 1. The minimum absolute atomic E-state index is 0. The van der Waals surface area contributed by atoms with Crippen molar-refractivity contribution in [2.24, 2.45) is 16.3 Å². The molecule has 0 amide bonds. The number of halogens is 1. The third-order valence-electron chi connectivity index (χ3n) is 2.13. The molecule has 0 fully saturated rings. The normalized spacial score (nSPS) is 12.3. The van der Waals surface area contributed by atoms with Crippen molar-refractivity contribution in [3.63, 3.8) is 0 Å². The molecule has 3 nitrogen and oxygen atoms in total. The molecule has 0 radical (unpaired) electrons. The highest BCUT2D eigenvalue weighted by Crippen LogP contribution is 2.16. The summed E-state index contributed by atoms with van der Waals surface area (Å²) in [4.78, 5) is 4.53. The van der Waals surface area contributed by atoms with Crippen molar-refractivity contribution in [2.75, 3.05) is 19.6 Å². The lowest BCUT2D eigenvalue weighted by Gasteiger charge is -2.19. The second-order valence-corrected chi connectivity index (χ2v) is 5.85. The number of hydrogen-bond donors (Lipinski definition) is 2. The molecule has 0 aromatic carbocycles. The predicted molar refractivity (Wildman–Crippen MR) is 88.3 cm³/mol. The van der Waals surface area contributed by atoms with Gasteiger partial charge in [-0.15, -0.1) is 24.0 Å². The van der Waals surface area contributed by atoms with Crippen molar-refractivity contribution in [2.45, 2.75) is 48.0 Å². The predicted octanol–water partition coefficient (Wildman–Crippen LogP) is 3.25. The molecule has 0 bridgehead atoms. The summed E-state index contributed by atoms with van der Waals surface area (Å²) in [7, 11) is 0. The van der Waals surface area contributed by atoms with E-state index in [0.29, 0.717) is 11.3 Å². The van der Waals surface area contributed by atoms with Gasteiger partial charge in [-0.2, -0.15) is 0 Å². The molecule has 0 aromatic heterocycles. The molecule has 4 heteroatoms. The molecule has 0 saturated carbocycles. The SMILES string of the molecule is CCNC(=NCC(C)C)NCCC(C)(C)C.I. The summed E-state index contributed by atoms with van der Waals surface area (Å²) < 4.78 is 0. The number of hydrogen-bond acceptors (Lipinski definition) is 1. The largest absolute Gasteiger partial charge is 0.357 e. The van der Waals surface area contributed by atoms with Crippen LogP contribution >= 0.6 is 24.0 Å². The Kier molecular flexibility index (Phi) is 11.3. The highest BCUT2D eigenvalue weighted by molar-refractivity contribution is 14.0. The lowest BCUT2D eigenvalue weighted by molar-refractivity contribution is 0.377. The van der Waals surface area contributed by atoms with Gasteiger partial charge in [0.1, 0.15) is 0 Å². The summed E-state index contributed by atoms with van der Waals surface area (Å²) in [5, 5.41) is 6.63. The van der Waals surface area contributed by atoms with E-state index in [1.165, 1.54) is 0 Å². The van der Waals surface area contributed by atoms with Gasteiger partial charge in [0.05, 0.1) is 0 Å². The van der Waals surface area contributed by atoms with Gasteiger partial charge in [0, 0.05) is 19.6 Å². The van der Waals surface area contributed by atoms with Crippen molar-refractivity contribution in [1.82, 2.24) is 10.6 Å². The van der Waals surface area contributed by atoms with E-state index >= 15 is 0 Å². The average molecular weight is 355 g/mol. The molecular formula is C13H30IN3. The topological polar surface area (TPSA) is 36.4 Å². The van der Waals surface area contributed by atoms with Gasteiger partial charge in [0.2, 0.25) is 0 Å². The Morgan fingerprint density at radius 1 is 1.18 bits per heavy atom. The molecule has 0 spiro atoms. The lowest BCUT2D eigenvalue weighted by atomic mass is 9.92. The van der Waals surface area contributed by atoms with E-state index in [2.05, 4.69) is 57.2 Å². The fraction of sp³-hybridized carbons (Fsp3) is 0.923. The number of guanidine groups is 1. The molecule has 0 atom stereocenters. The van der Waals surface area contributed by atoms with E-state index in [9.17, 15) is 0 Å². The van der Waals surface area contributed by atoms with E-state index in [1.54, 1.807) is 0 Å². The molecule has 0 rings (SSSR count). The van der Waals surface area contributed by atoms with Crippen molar-refractivity contribution < 1.29 is 0 Å². The third-order valence-corrected chi connectivity index (χ3v) is 2.13. The van der Waals surface area contributed by atoms with Crippen LogP contribution in [0.15, 0.2) is 4.99 Å². The molecule has 2 N–H and O–H groups in total. The first kappa shape index (κ1) is 19.3. The van der Waals surface area contributed by atoms with Crippen LogP contribution in [-0.2, 0) is 0 Å². The highest BCUT2D eigenvalue weighted by atomic mass is 127. The molecule has 0 unspecified atom stereocenters. The van der Waals surface area contributed by atoms with Crippen LogP contribution in [0.1, 0.15) is 48.0 Å². The van der Waals surface area contributed by atoms with Gasteiger partial charge in [0.25, 0.3) is 0 Å². The summed E-state index contributed by atoms with van der Waals surface area (Å²) in [5.41, 5.74) is 0.377. The zero-order chi connectivity index (χ0) is 12.6. The smallest absolute Gasteiger partial charge is 0.191 e. The van der Waals surface area contributed by atoms with Gasteiger partial charge in [-0.1, -0.05) is 34.6 Å². The fourth-order valence-electron chi connectivity index (χ4n) is 1.17. The molecule has 0 aliphatic heterocycles. The Morgan fingerprint density at radius 3 is 2.18 bits per heavy atom. The molecule has 17 heavy (non-hydrogen) atoms. The first-order chi connectivity index (χ1) is 7.35. The van der Waals surface area contributed by atoms with E-state index in [4.69, 9.17) is 0 Å². The molecule has 0 saturated heterocycles. The van der Waals surface area contributed by atoms with Crippen LogP contribution in [0.25, 0.3) is 0 Å². The molecule has 0 aromatic rings. The van der Waals surface area contributed by atoms with Crippen molar-refractivity contribution in [1.29, 1.82) is 0 Å². The van der Waals surface area contributed by atoms with E-state index in [-0.39, 0.29) is 24.0 Å². The molecule has 0 aliphatic rings. The summed E-state index contributed by atoms with van der Waals surface area (Å²) in [5.74, 6) is 1.55. The summed E-state index contributed by atoms with van der Waals surface area (Å²) in [6.07, 6.45) is 1.15. The number of rotatable bonds is 5. The standard InChI is InChI=1S/C13H29N3.HI/c1-7-14-12(16-10-11(2)3)15-9-8-13(4,5)6;/h11H,7-10H2,1-6H3,(H2,14,15,16);1H. The van der Waals surface area contributed by atoms with Gasteiger partial charge in [0.15, 0.2) is 5.96 Å². The maximum absolute atomic E-state index is 4.53.